The smallest absolute Gasteiger partial charge is 0.144 e. The molecule has 1 aromatic rings. The molecule has 14 heavy (non-hydrogen) atoms. The summed E-state index contributed by atoms with van der Waals surface area (Å²) in [5, 5.41) is 3.35. The third kappa shape index (κ3) is 3.62. The minimum Gasteiger partial charge on any atom is -0.364 e. The van der Waals surface area contributed by atoms with Crippen molar-refractivity contribution in [1.29, 1.82) is 0 Å². The summed E-state index contributed by atoms with van der Waals surface area (Å²) < 4.78 is 0.761. The first kappa shape index (κ1) is 11.4. The third-order valence-electron chi connectivity index (χ3n) is 1.96. The van der Waals surface area contributed by atoms with Crippen molar-refractivity contribution in [2.45, 2.75) is 39.2 Å². The zero-order chi connectivity index (χ0) is 10.6. The number of rotatable bonds is 4. The van der Waals surface area contributed by atoms with Crippen molar-refractivity contribution in [2.75, 3.05) is 5.32 Å². The number of anilines is 1. The molecule has 0 amide bonds. The molecule has 0 saturated carbocycles. The van der Waals surface area contributed by atoms with Crippen molar-refractivity contribution in [2.24, 2.45) is 0 Å². The summed E-state index contributed by atoms with van der Waals surface area (Å²) in [5.41, 5.74) is 0.0806. The second kappa shape index (κ2) is 4.73. The molecular formula is C10H16BrN3. The van der Waals surface area contributed by atoms with Gasteiger partial charge in [0.2, 0.25) is 0 Å². The molecule has 1 aromatic heterocycles. The normalized spacial score (nSPS) is 11.4. The van der Waals surface area contributed by atoms with Gasteiger partial charge in [-0.3, -0.25) is 0 Å². The molecule has 0 spiro atoms. The number of halogens is 1. The largest absolute Gasteiger partial charge is 0.364 e. The molecule has 0 unspecified atom stereocenters. The van der Waals surface area contributed by atoms with E-state index in [4.69, 9.17) is 0 Å². The Morgan fingerprint density at radius 1 is 1.36 bits per heavy atom. The first-order chi connectivity index (χ1) is 6.53. The highest BCUT2D eigenvalue weighted by atomic mass is 79.9. The van der Waals surface area contributed by atoms with Crippen molar-refractivity contribution < 1.29 is 0 Å². The summed E-state index contributed by atoms with van der Waals surface area (Å²) in [6.45, 7) is 6.51. The second-order valence-corrected chi connectivity index (χ2v) is 4.80. The first-order valence-electron chi connectivity index (χ1n) is 4.79. The van der Waals surface area contributed by atoms with Gasteiger partial charge >= 0.3 is 0 Å². The van der Waals surface area contributed by atoms with Gasteiger partial charge < -0.3 is 5.32 Å². The first-order valence-corrected chi connectivity index (χ1v) is 5.58. The van der Waals surface area contributed by atoms with Gasteiger partial charge in [0.25, 0.3) is 0 Å². The maximum atomic E-state index is 4.23. The Balaban J connectivity index is 2.64. The fourth-order valence-corrected chi connectivity index (χ4v) is 1.62. The molecule has 1 rings (SSSR count). The maximum absolute atomic E-state index is 4.23. The zero-order valence-corrected chi connectivity index (χ0v) is 10.4. The fourth-order valence-electron chi connectivity index (χ4n) is 1.41. The molecule has 1 N–H and O–H groups in total. The van der Waals surface area contributed by atoms with Crippen LogP contribution in [0.1, 0.15) is 33.6 Å². The Bertz CT molecular complexity index is 282. The number of aromatic nitrogens is 2. The highest BCUT2D eigenvalue weighted by molar-refractivity contribution is 9.10. The van der Waals surface area contributed by atoms with Gasteiger partial charge in [0.1, 0.15) is 10.4 Å². The number of nitrogens with one attached hydrogen (secondary N) is 1. The molecule has 0 saturated heterocycles. The lowest BCUT2D eigenvalue weighted by Gasteiger charge is -2.26. The lowest BCUT2D eigenvalue weighted by atomic mass is 9.99. The number of hydrogen-bond acceptors (Lipinski definition) is 3. The Morgan fingerprint density at radius 3 is 2.57 bits per heavy atom. The number of nitrogens with zero attached hydrogens (tertiary/aromatic N) is 2. The summed E-state index contributed by atoms with van der Waals surface area (Å²) in [6, 6.07) is 0. The van der Waals surface area contributed by atoms with Crippen LogP contribution in [0.25, 0.3) is 0 Å². The molecule has 1 heterocycles. The van der Waals surface area contributed by atoms with Gasteiger partial charge in [-0.1, -0.05) is 13.3 Å². The topological polar surface area (TPSA) is 37.8 Å². The van der Waals surface area contributed by atoms with Crippen molar-refractivity contribution >= 4 is 21.7 Å². The van der Waals surface area contributed by atoms with Gasteiger partial charge in [-0.15, -0.1) is 0 Å². The predicted molar refractivity (Wildman–Crippen MR) is 62.3 cm³/mol. The van der Waals surface area contributed by atoms with Crippen molar-refractivity contribution in [1.82, 2.24) is 9.97 Å². The third-order valence-corrected chi connectivity index (χ3v) is 2.37. The molecule has 78 valence electrons. The minimum atomic E-state index is 0.0806. The van der Waals surface area contributed by atoms with E-state index in [1.807, 2.05) is 0 Å². The van der Waals surface area contributed by atoms with E-state index < -0.39 is 0 Å². The molecule has 0 aliphatic carbocycles. The Morgan fingerprint density at radius 2 is 2.07 bits per heavy atom. The summed E-state index contributed by atoms with van der Waals surface area (Å²) in [7, 11) is 0. The van der Waals surface area contributed by atoms with E-state index in [2.05, 4.69) is 52.0 Å². The van der Waals surface area contributed by atoms with E-state index in [9.17, 15) is 0 Å². The van der Waals surface area contributed by atoms with Gasteiger partial charge in [0.05, 0.1) is 12.4 Å². The van der Waals surface area contributed by atoms with Gasteiger partial charge in [0, 0.05) is 5.54 Å². The van der Waals surface area contributed by atoms with Crippen LogP contribution in [0.15, 0.2) is 17.0 Å². The SMILES string of the molecule is CCCC(C)(C)Nc1cnc(Br)cn1. The zero-order valence-electron chi connectivity index (χ0n) is 8.84. The summed E-state index contributed by atoms with van der Waals surface area (Å²) >= 11 is 3.25. The summed E-state index contributed by atoms with van der Waals surface area (Å²) in [5.74, 6) is 0.826. The molecule has 3 nitrogen and oxygen atoms in total. The van der Waals surface area contributed by atoms with Crippen LogP contribution >= 0.6 is 15.9 Å². The molecule has 4 heteroatoms. The van der Waals surface area contributed by atoms with Crippen LogP contribution in [0.3, 0.4) is 0 Å². The quantitative estimate of drug-likeness (QED) is 0.900. The summed E-state index contributed by atoms with van der Waals surface area (Å²) in [6.07, 6.45) is 5.71. The highest BCUT2D eigenvalue weighted by Crippen LogP contribution is 2.17. The van der Waals surface area contributed by atoms with Gasteiger partial charge in [-0.2, -0.15) is 0 Å². The van der Waals surface area contributed by atoms with E-state index >= 15 is 0 Å². The lowest BCUT2D eigenvalue weighted by Crippen LogP contribution is -2.30. The Kier molecular flexibility index (Phi) is 3.86. The minimum absolute atomic E-state index is 0.0806. The molecule has 0 atom stereocenters. The lowest BCUT2D eigenvalue weighted by molar-refractivity contribution is 0.508. The Hall–Kier alpha value is -0.640. The average molecular weight is 258 g/mol. The van der Waals surface area contributed by atoms with Crippen LogP contribution in [0.2, 0.25) is 0 Å². The molecular weight excluding hydrogens is 242 g/mol. The van der Waals surface area contributed by atoms with E-state index in [0.717, 1.165) is 23.3 Å². The average Bonchev–Trinajstić information content (AvgIpc) is 2.08. The molecule has 0 bridgehead atoms. The monoisotopic (exact) mass is 257 g/mol. The van der Waals surface area contributed by atoms with E-state index in [1.165, 1.54) is 0 Å². The van der Waals surface area contributed by atoms with Crippen molar-refractivity contribution in [3.63, 3.8) is 0 Å². The van der Waals surface area contributed by atoms with Crippen LogP contribution in [0, 0.1) is 0 Å². The standard InChI is InChI=1S/C10H16BrN3/c1-4-5-10(2,3)14-9-7-12-8(11)6-13-9/h6-7H,4-5H2,1-3H3,(H,13,14). The van der Waals surface area contributed by atoms with Crippen LogP contribution in [-0.2, 0) is 0 Å². The maximum Gasteiger partial charge on any atom is 0.144 e. The van der Waals surface area contributed by atoms with E-state index in [0.29, 0.717) is 0 Å². The summed E-state index contributed by atoms with van der Waals surface area (Å²) in [4.78, 5) is 8.34. The van der Waals surface area contributed by atoms with E-state index in [1.54, 1.807) is 12.4 Å². The molecule has 0 aliphatic rings. The molecule has 0 fully saturated rings. The van der Waals surface area contributed by atoms with E-state index in [-0.39, 0.29) is 5.54 Å². The van der Waals surface area contributed by atoms with Crippen molar-refractivity contribution in [3.05, 3.63) is 17.0 Å². The second-order valence-electron chi connectivity index (χ2n) is 3.98. The molecule has 0 radical (unpaired) electrons. The molecule has 0 aliphatic heterocycles. The van der Waals surface area contributed by atoms with Crippen LogP contribution in [0.5, 0.6) is 0 Å². The molecule has 0 aromatic carbocycles. The van der Waals surface area contributed by atoms with Crippen LogP contribution < -0.4 is 5.32 Å². The Labute approximate surface area is 93.5 Å². The van der Waals surface area contributed by atoms with Crippen molar-refractivity contribution in [3.8, 4) is 0 Å². The van der Waals surface area contributed by atoms with Crippen LogP contribution in [-0.4, -0.2) is 15.5 Å². The number of hydrogen-bond donors (Lipinski definition) is 1. The van der Waals surface area contributed by atoms with Gasteiger partial charge in [-0.05, 0) is 36.2 Å². The fraction of sp³-hybridized carbons (Fsp3) is 0.600. The van der Waals surface area contributed by atoms with Gasteiger partial charge in [-0.25, -0.2) is 9.97 Å². The van der Waals surface area contributed by atoms with Gasteiger partial charge in [0.15, 0.2) is 0 Å². The highest BCUT2D eigenvalue weighted by Gasteiger charge is 2.16. The predicted octanol–water partition coefficient (Wildman–Crippen LogP) is 3.23. The van der Waals surface area contributed by atoms with Crippen LogP contribution in [0.4, 0.5) is 5.82 Å².